The van der Waals surface area contributed by atoms with E-state index in [-0.39, 0.29) is 5.75 Å². The Morgan fingerprint density at radius 3 is 2.44 bits per heavy atom. The van der Waals surface area contributed by atoms with Gasteiger partial charge in [0.25, 0.3) is 0 Å². The van der Waals surface area contributed by atoms with Gasteiger partial charge in [-0.3, -0.25) is 4.98 Å². The summed E-state index contributed by atoms with van der Waals surface area (Å²) in [5.41, 5.74) is 3.16. The van der Waals surface area contributed by atoms with E-state index in [0.717, 1.165) is 16.8 Å². The first-order valence-corrected chi connectivity index (χ1v) is 6.97. The molecule has 1 aromatic heterocycles. The monoisotopic (exact) mass is 370 g/mol. The molecule has 1 aromatic carbocycles. The molecule has 0 fully saturated rings. The molecule has 2 rings (SSSR count). The van der Waals surface area contributed by atoms with Crippen molar-refractivity contribution < 1.29 is 5.11 Å². The summed E-state index contributed by atoms with van der Waals surface area (Å²) in [5.74, 6) is 0.218. The number of phenolic OH excluding ortho intramolecular Hbond substituents is 1. The number of pyridine rings is 1. The van der Waals surface area contributed by atoms with Crippen LogP contribution in [-0.4, -0.2) is 10.1 Å². The van der Waals surface area contributed by atoms with Gasteiger partial charge in [-0.15, -0.1) is 0 Å². The number of rotatable bonds is 3. The first-order chi connectivity index (χ1) is 8.56. The number of nitrogens with zero attached hydrogens (tertiary/aromatic N) is 1. The van der Waals surface area contributed by atoms with Gasteiger partial charge in [0.2, 0.25) is 0 Å². The zero-order valence-electron chi connectivity index (χ0n) is 9.74. The zero-order chi connectivity index (χ0) is 13.1. The van der Waals surface area contributed by atoms with E-state index in [9.17, 15) is 5.11 Å². The SMILES string of the molecule is Cc1cncc(NCc2cc(Br)c(O)c(Br)c2)c1. The number of benzene rings is 1. The van der Waals surface area contributed by atoms with Crippen molar-refractivity contribution in [1.29, 1.82) is 0 Å². The van der Waals surface area contributed by atoms with E-state index in [1.165, 1.54) is 0 Å². The van der Waals surface area contributed by atoms with Gasteiger partial charge in [-0.1, -0.05) is 0 Å². The van der Waals surface area contributed by atoms with Gasteiger partial charge >= 0.3 is 0 Å². The van der Waals surface area contributed by atoms with E-state index >= 15 is 0 Å². The fraction of sp³-hybridized carbons (Fsp3) is 0.154. The fourth-order valence-electron chi connectivity index (χ4n) is 1.58. The molecule has 2 aromatic rings. The lowest BCUT2D eigenvalue weighted by Gasteiger charge is -2.09. The number of aromatic hydroxyl groups is 1. The Labute approximate surface area is 123 Å². The molecule has 1 heterocycles. The number of halogens is 2. The maximum Gasteiger partial charge on any atom is 0.143 e. The van der Waals surface area contributed by atoms with Crippen molar-refractivity contribution in [2.24, 2.45) is 0 Å². The first kappa shape index (κ1) is 13.4. The van der Waals surface area contributed by atoms with Crippen LogP contribution in [0.2, 0.25) is 0 Å². The van der Waals surface area contributed by atoms with Gasteiger partial charge in [-0.05, 0) is 68.1 Å². The quantitative estimate of drug-likeness (QED) is 0.848. The number of hydrogen-bond acceptors (Lipinski definition) is 3. The Hall–Kier alpha value is -1.07. The third-order valence-electron chi connectivity index (χ3n) is 2.45. The molecule has 94 valence electrons. The fourth-order valence-corrected chi connectivity index (χ4v) is 2.86. The van der Waals surface area contributed by atoms with Crippen LogP contribution in [0.4, 0.5) is 5.69 Å². The Kier molecular flexibility index (Phi) is 4.24. The first-order valence-electron chi connectivity index (χ1n) is 5.38. The molecule has 0 unspecified atom stereocenters. The number of nitrogens with one attached hydrogen (secondary N) is 1. The summed E-state index contributed by atoms with van der Waals surface area (Å²) < 4.78 is 1.35. The summed E-state index contributed by atoms with van der Waals surface area (Å²) in [6.07, 6.45) is 3.61. The van der Waals surface area contributed by atoms with Crippen LogP contribution in [0.3, 0.4) is 0 Å². The summed E-state index contributed by atoms with van der Waals surface area (Å²) in [6, 6.07) is 5.81. The third-order valence-corrected chi connectivity index (χ3v) is 3.66. The van der Waals surface area contributed by atoms with Gasteiger partial charge in [0, 0.05) is 18.9 Å². The molecular weight excluding hydrogens is 360 g/mol. The molecule has 2 N–H and O–H groups in total. The second-order valence-corrected chi connectivity index (χ2v) is 5.72. The lowest BCUT2D eigenvalue weighted by atomic mass is 10.2. The molecule has 0 spiro atoms. The van der Waals surface area contributed by atoms with Crippen LogP contribution in [0.25, 0.3) is 0 Å². The predicted molar refractivity (Wildman–Crippen MR) is 79.8 cm³/mol. The van der Waals surface area contributed by atoms with Crippen molar-refractivity contribution in [2.45, 2.75) is 13.5 Å². The maximum atomic E-state index is 9.63. The van der Waals surface area contributed by atoms with E-state index < -0.39 is 0 Å². The summed E-state index contributed by atoms with van der Waals surface area (Å²) in [4.78, 5) is 4.12. The van der Waals surface area contributed by atoms with Crippen LogP contribution in [0.15, 0.2) is 39.5 Å². The summed E-state index contributed by atoms with van der Waals surface area (Å²) in [7, 11) is 0. The average molecular weight is 372 g/mol. The Bertz CT molecular complexity index is 550. The highest BCUT2D eigenvalue weighted by Crippen LogP contribution is 2.33. The minimum atomic E-state index is 0.218. The minimum absolute atomic E-state index is 0.218. The third kappa shape index (κ3) is 3.23. The molecule has 0 amide bonds. The summed E-state index contributed by atoms with van der Waals surface area (Å²) in [5, 5.41) is 12.9. The second-order valence-electron chi connectivity index (χ2n) is 4.01. The molecule has 0 bridgehead atoms. The normalized spacial score (nSPS) is 10.4. The number of phenols is 1. The standard InChI is InChI=1S/C13H12Br2N2O/c1-8-2-10(7-16-5-8)17-6-9-3-11(14)13(18)12(15)4-9/h2-5,7,17-18H,6H2,1H3. The van der Waals surface area contributed by atoms with E-state index in [2.05, 4.69) is 42.2 Å². The number of anilines is 1. The molecule has 0 saturated carbocycles. The lowest BCUT2D eigenvalue weighted by molar-refractivity contribution is 0.468. The Morgan fingerprint density at radius 1 is 1.17 bits per heavy atom. The van der Waals surface area contributed by atoms with Crippen molar-refractivity contribution in [2.75, 3.05) is 5.32 Å². The van der Waals surface area contributed by atoms with Crippen LogP contribution in [0.1, 0.15) is 11.1 Å². The molecule has 0 aliphatic rings. The largest absolute Gasteiger partial charge is 0.506 e. The number of aryl methyl sites for hydroxylation is 1. The lowest BCUT2D eigenvalue weighted by Crippen LogP contribution is -2.00. The zero-order valence-corrected chi connectivity index (χ0v) is 12.9. The van der Waals surface area contributed by atoms with E-state index in [0.29, 0.717) is 15.5 Å². The van der Waals surface area contributed by atoms with Crippen LogP contribution < -0.4 is 5.32 Å². The molecule has 0 saturated heterocycles. The highest BCUT2D eigenvalue weighted by atomic mass is 79.9. The number of aromatic nitrogens is 1. The van der Waals surface area contributed by atoms with Gasteiger partial charge in [0.1, 0.15) is 5.75 Å². The minimum Gasteiger partial charge on any atom is -0.506 e. The molecular formula is C13H12Br2N2O. The van der Waals surface area contributed by atoms with Crippen molar-refractivity contribution in [3.05, 3.63) is 50.7 Å². The molecule has 0 atom stereocenters. The predicted octanol–water partition coefficient (Wildman–Crippen LogP) is 4.23. The van der Waals surface area contributed by atoms with Crippen molar-refractivity contribution in [1.82, 2.24) is 4.98 Å². The molecule has 3 nitrogen and oxygen atoms in total. The van der Waals surface area contributed by atoms with Gasteiger partial charge in [-0.2, -0.15) is 0 Å². The summed E-state index contributed by atoms with van der Waals surface area (Å²) >= 11 is 6.63. The van der Waals surface area contributed by atoms with E-state index in [1.54, 1.807) is 6.20 Å². The van der Waals surface area contributed by atoms with Crippen molar-refractivity contribution in [3.63, 3.8) is 0 Å². The van der Waals surface area contributed by atoms with Crippen LogP contribution in [-0.2, 0) is 6.54 Å². The Balaban J connectivity index is 2.11. The Morgan fingerprint density at radius 2 is 1.83 bits per heavy atom. The molecule has 0 radical (unpaired) electrons. The number of hydrogen-bond donors (Lipinski definition) is 2. The second kappa shape index (κ2) is 5.71. The average Bonchev–Trinajstić information content (AvgIpc) is 2.33. The van der Waals surface area contributed by atoms with Crippen molar-refractivity contribution >= 4 is 37.5 Å². The van der Waals surface area contributed by atoms with Crippen LogP contribution >= 0.6 is 31.9 Å². The van der Waals surface area contributed by atoms with Gasteiger partial charge < -0.3 is 10.4 Å². The summed E-state index contributed by atoms with van der Waals surface area (Å²) in [6.45, 7) is 2.68. The topological polar surface area (TPSA) is 45.2 Å². The van der Waals surface area contributed by atoms with Crippen molar-refractivity contribution in [3.8, 4) is 5.75 Å². The smallest absolute Gasteiger partial charge is 0.143 e. The highest BCUT2D eigenvalue weighted by Gasteiger charge is 2.05. The van der Waals surface area contributed by atoms with Crippen LogP contribution in [0, 0.1) is 6.92 Å². The van der Waals surface area contributed by atoms with E-state index in [4.69, 9.17) is 0 Å². The molecule has 5 heteroatoms. The highest BCUT2D eigenvalue weighted by molar-refractivity contribution is 9.11. The van der Waals surface area contributed by atoms with E-state index in [1.807, 2.05) is 31.3 Å². The van der Waals surface area contributed by atoms with Gasteiger partial charge in [0.05, 0.1) is 14.6 Å². The van der Waals surface area contributed by atoms with Gasteiger partial charge in [0.15, 0.2) is 0 Å². The molecule has 0 aliphatic carbocycles. The molecule has 0 aliphatic heterocycles. The van der Waals surface area contributed by atoms with Gasteiger partial charge in [-0.25, -0.2) is 0 Å². The maximum absolute atomic E-state index is 9.63. The van der Waals surface area contributed by atoms with Crippen LogP contribution in [0.5, 0.6) is 5.75 Å². The molecule has 18 heavy (non-hydrogen) atoms.